The molecule has 33 heavy (non-hydrogen) atoms. The van der Waals surface area contributed by atoms with Crippen molar-refractivity contribution in [2.75, 3.05) is 0 Å². The fourth-order valence-electron chi connectivity index (χ4n) is 3.56. The number of fused-ring (bicyclic) bond motifs is 3. The first kappa shape index (κ1) is 29.7. The minimum atomic E-state index is -0.0733. The Hall–Kier alpha value is -1.32. The number of hydrogen-bond acceptors (Lipinski definition) is 0. The molecule has 0 unspecified atom stereocenters. The zero-order valence-corrected chi connectivity index (χ0v) is 25.8. The third-order valence-electron chi connectivity index (χ3n) is 5.35. The van der Waals surface area contributed by atoms with E-state index in [0.29, 0.717) is 5.41 Å². The molecule has 0 radical (unpaired) electrons. The number of benzene rings is 3. The maximum Gasteiger partial charge on any atom is -0.0253 e. The topological polar surface area (TPSA) is 0 Å². The van der Waals surface area contributed by atoms with Crippen LogP contribution < -0.4 is 30.0 Å². The Morgan fingerprint density at radius 3 is 2.03 bits per heavy atom. The second-order valence-corrected chi connectivity index (χ2v) is 18.7. The summed E-state index contributed by atoms with van der Waals surface area (Å²) in [7, 11) is 0. The summed E-state index contributed by atoms with van der Waals surface area (Å²) in [6.45, 7) is 9.04. The van der Waals surface area contributed by atoms with Gasteiger partial charge in [-0.15, -0.1) is 5.56 Å². The van der Waals surface area contributed by atoms with E-state index in [1.165, 1.54) is 50.8 Å². The Balaban J connectivity index is 0.000000247. The van der Waals surface area contributed by atoms with Crippen molar-refractivity contribution < 1.29 is 47.8 Å². The molecule has 0 atom stereocenters. The molecular weight excluding hydrogens is 626 g/mol. The van der Waals surface area contributed by atoms with Crippen LogP contribution >= 0.6 is 0 Å². The zero-order valence-electron chi connectivity index (χ0n) is 19.7. The molecule has 0 saturated carbocycles. The first-order chi connectivity index (χ1) is 14.9. The fourth-order valence-corrected chi connectivity index (χ4v) is 6.05. The molecule has 0 amide bonds. The Kier molecular flexibility index (Phi) is 12.8. The number of halogens is 2. The van der Waals surface area contributed by atoms with Crippen molar-refractivity contribution in [1.29, 1.82) is 0 Å². The van der Waals surface area contributed by atoms with Crippen LogP contribution in [0.4, 0.5) is 0 Å². The number of hydrogen-bond donors (Lipinski definition) is 0. The zero-order chi connectivity index (χ0) is 22.3. The van der Waals surface area contributed by atoms with E-state index in [-0.39, 0.29) is 30.3 Å². The molecule has 4 heteroatoms. The third-order valence-corrected chi connectivity index (χ3v) is 9.66. The van der Waals surface area contributed by atoms with Gasteiger partial charge in [-0.25, -0.2) is 6.07 Å². The minimum absolute atomic E-state index is 0. The van der Waals surface area contributed by atoms with Gasteiger partial charge in [-0.05, 0) is 6.42 Å². The van der Waals surface area contributed by atoms with E-state index >= 15 is 0 Å². The Bertz CT molecular complexity index is 1070. The molecule has 170 valence electrons. The van der Waals surface area contributed by atoms with Crippen molar-refractivity contribution >= 4 is 10.7 Å². The van der Waals surface area contributed by atoms with E-state index in [4.69, 9.17) is 0 Å². The van der Waals surface area contributed by atoms with Gasteiger partial charge in [-0.2, -0.15) is 53.6 Å². The van der Waals surface area contributed by atoms with Crippen molar-refractivity contribution in [1.82, 2.24) is 0 Å². The van der Waals surface area contributed by atoms with Crippen molar-refractivity contribution in [3.8, 4) is 11.1 Å². The van der Waals surface area contributed by atoms with Crippen LogP contribution in [0.5, 0.6) is 0 Å². The van der Waals surface area contributed by atoms with Crippen LogP contribution in [0.25, 0.3) is 11.1 Å². The second-order valence-electron chi connectivity index (χ2n) is 8.81. The summed E-state index contributed by atoms with van der Waals surface area (Å²) in [5.74, 6) is 0. The van der Waals surface area contributed by atoms with Gasteiger partial charge in [0, 0.05) is 0 Å². The van der Waals surface area contributed by atoms with Gasteiger partial charge in [0.05, 0.1) is 0 Å². The van der Waals surface area contributed by atoms with Crippen molar-refractivity contribution in [3.05, 3.63) is 120 Å². The first-order valence-electron chi connectivity index (χ1n) is 10.8. The van der Waals surface area contributed by atoms with Crippen LogP contribution in [0.2, 0.25) is 6.55 Å². The maximum absolute atomic E-state index is 3.30. The molecule has 0 nitrogen and oxygen atoms in total. The van der Waals surface area contributed by atoms with E-state index in [1.54, 1.807) is 5.19 Å². The Labute approximate surface area is 227 Å². The summed E-state index contributed by atoms with van der Waals surface area (Å²) in [5.41, 5.74) is 7.18. The largest absolute Gasteiger partial charge is 1.00 e. The predicted molar refractivity (Wildman–Crippen MR) is 132 cm³/mol. The van der Waals surface area contributed by atoms with Gasteiger partial charge in [0.15, 0.2) is 0 Å². The average molecular weight is 656 g/mol. The molecule has 1 aliphatic carbocycles. The average Bonchev–Trinajstić information content (AvgIpc) is 3.43. The van der Waals surface area contributed by atoms with Crippen LogP contribution in [0.15, 0.2) is 97.1 Å². The van der Waals surface area contributed by atoms with Gasteiger partial charge in [-0.1, -0.05) is 61.6 Å². The third kappa shape index (κ3) is 8.76. The maximum atomic E-state index is 3.30. The molecule has 0 aliphatic heterocycles. The molecule has 1 aliphatic rings. The van der Waals surface area contributed by atoms with E-state index in [1.807, 2.05) is 6.07 Å². The Morgan fingerprint density at radius 1 is 0.848 bits per heavy atom. The summed E-state index contributed by atoms with van der Waals surface area (Å²) in [4.78, 5) is 0. The quantitative estimate of drug-likeness (QED) is 0.186. The van der Waals surface area contributed by atoms with Crippen molar-refractivity contribution in [3.63, 3.8) is 0 Å². The molecular formula is C29H30Cl2HfSi-2. The molecule has 5 rings (SSSR count). The number of rotatable bonds is 1. The molecule has 0 fully saturated rings. The minimum Gasteiger partial charge on any atom is -1.00 e. The van der Waals surface area contributed by atoms with Crippen LogP contribution in [0, 0.1) is 6.07 Å². The molecule has 4 aromatic rings. The van der Waals surface area contributed by atoms with Gasteiger partial charge in [-0.3, -0.25) is 0 Å². The van der Waals surface area contributed by atoms with Crippen LogP contribution in [-0.4, -0.2) is 5.49 Å². The smallest absolute Gasteiger partial charge is 0.0253 e. The van der Waals surface area contributed by atoms with Crippen LogP contribution in [0.3, 0.4) is 0 Å². The second kappa shape index (κ2) is 14.2. The van der Waals surface area contributed by atoms with Gasteiger partial charge < -0.3 is 24.8 Å². The van der Waals surface area contributed by atoms with E-state index in [0.717, 1.165) is 6.42 Å². The summed E-state index contributed by atoms with van der Waals surface area (Å²) >= 11 is 1.36. The monoisotopic (exact) mass is 656 g/mol. The molecule has 0 heterocycles. The van der Waals surface area contributed by atoms with Gasteiger partial charge in [0.1, 0.15) is 0 Å². The predicted octanol–water partition coefficient (Wildman–Crippen LogP) is 0.831. The van der Waals surface area contributed by atoms with E-state index < -0.39 is 0 Å². The molecule has 0 aromatic heterocycles. The summed E-state index contributed by atoms with van der Waals surface area (Å²) < 4.78 is 0. The SMILES string of the molecule is CC(C)(C)c1cc[cH-]c1.C[Si](=[Hf+2])c1ccccc1.[Cl-].[Cl-].[c-]1cccc2c1Cc1ccccc1-2. The fraction of sp³-hybridized carbons (Fsp3) is 0.207. The summed E-state index contributed by atoms with van der Waals surface area (Å²) in [6.07, 6.45) is 1.05. The standard InChI is InChI=1S/C13H9.C9H13.C7H8Si.2ClH.Hf/c1-3-7-12-10(5-1)9-11-6-2-4-8-13(11)12;1-9(2,3)8-6-4-5-7-8;1-8-7-5-3-2-4-6-7;;;/h1-5,7-8H,9H2;4-7H,1-3H3;2-6H,1H3;2*1H;/q2*-1;;;;+2/p-2. The van der Waals surface area contributed by atoms with E-state index in [2.05, 4.69) is 124 Å². The van der Waals surface area contributed by atoms with Gasteiger partial charge in [0.25, 0.3) is 0 Å². The normalized spacial score (nSPS) is 10.6. The molecule has 0 N–H and O–H groups in total. The summed E-state index contributed by atoms with van der Waals surface area (Å²) in [6, 6.07) is 37.4. The van der Waals surface area contributed by atoms with Crippen molar-refractivity contribution in [2.24, 2.45) is 0 Å². The van der Waals surface area contributed by atoms with Crippen LogP contribution in [-0.2, 0) is 34.8 Å². The first-order valence-corrected chi connectivity index (χ1v) is 18.2. The molecule has 4 aromatic carbocycles. The Morgan fingerprint density at radius 2 is 1.48 bits per heavy atom. The molecule has 0 bridgehead atoms. The van der Waals surface area contributed by atoms with Crippen molar-refractivity contribution in [2.45, 2.75) is 39.2 Å². The molecule has 0 spiro atoms. The molecule has 0 saturated heterocycles. The van der Waals surface area contributed by atoms with Crippen LogP contribution in [0.1, 0.15) is 37.5 Å². The van der Waals surface area contributed by atoms with E-state index in [9.17, 15) is 0 Å². The van der Waals surface area contributed by atoms with Gasteiger partial charge in [0.2, 0.25) is 0 Å². The summed E-state index contributed by atoms with van der Waals surface area (Å²) in [5, 5.41) is 1.58. The van der Waals surface area contributed by atoms with Gasteiger partial charge >= 0.3 is 70.6 Å².